The highest BCUT2D eigenvalue weighted by Crippen LogP contribution is 1.70. The number of hydrogen-bond acceptors (Lipinski definition) is 3. The Morgan fingerprint density at radius 2 is 2.50 bits per heavy atom. The monoisotopic (exact) mass is 143 g/mol. The van der Waals surface area contributed by atoms with Gasteiger partial charge in [0.15, 0.2) is 0 Å². The van der Waals surface area contributed by atoms with Crippen molar-refractivity contribution in [3.8, 4) is 0 Å². The molecule has 6 heteroatoms. The second kappa shape index (κ2) is 5.87. The number of nitrogens with two attached hydrogens (primary N) is 1. The molecule has 0 bridgehead atoms. The number of nitrogens with one attached hydrogen (secondary N) is 1. The molecule has 0 fully saturated rings. The number of rotatable bonds is 4. The lowest BCUT2D eigenvalue weighted by Gasteiger charge is -1.97. The van der Waals surface area contributed by atoms with Crippen LogP contribution in [0.1, 0.15) is 0 Å². The summed E-state index contributed by atoms with van der Waals surface area (Å²) < 4.78 is 0. The quantitative estimate of drug-likeness (QED) is 0.311. The first-order valence-corrected chi connectivity index (χ1v) is 2.79. The lowest BCUT2D eigenvalue weighted by molar-refractivity contribution is -0.119. The molecule has 0 saturated heterocycles. The van der Waals surface area contributed by atoms with E-state index in [1.54, 1.807) is 0 Å². The van der Waals surface area contributed by atoms with Gasteiger partial charge in [-0.1, -0.05) is 5.11 Å². The molecule has 1 amide bonds. The van der Waals surface area contributed by atoms with E-state index in [0.717, 1.165) is 0 Å². The summed E-state index contributed by atoms with van der Waals surface area (Å²) in [5.74, 6) is -0.303. The number of nitrogens with zero attached hydrogens (tertiary/aromatic N) is 3. The second-order valence-electron chi connectivity index (χ2n) is 1.53. The summed E-state index contributed by atoms with van der Waals surface area (Å²) in [7, 11) is 0. The molecule has 0 saturated carbocycles. The predicted octanol–water partition coefficient (Wildman–Crippen LogP) is -0.628. The van der Waals surface area contributed by atoms with Crippen molar-refractivity contribution < 1.29 is 4.79 Å². The molecule has 3 N–H and O–H groups in total. The van der Waals surface area contributed by atoms with Crippen molar-refractivity contribution in [1.29, 1.82) is 0 Å². The third-order valence-corrected chi connectivity index (χ3v) is 0.744. The summed E-state index contributed by atoms with van der Waals surface area (Å²) in [6.45, 7) is 0.651. The Hall–Kier alpha value is -1.26. The zero-order chi connectivity index (χ0) is 7.82. The van der Waals surface area contributed by atoms with E-state index >= 15 is 0 Å². The molecule has 0 aliphatic heterocycles. The lowest BCUT2D eigenvalue weighted by Crippen LogP contribution is -2.30. The average Bonchev–Trinajstić information content (AvgIpc) is 1.97. The lowest BCUT2D eigenvalue weighted by atomic mass is 10.5. The normalized spacial score (nSPS) is 8.10. The number of azide groups is 1. The summed E-state index contributed by atoms with van der Waals surface area (Å²) in [6, 6.07) is 0. The number of hydrogen-bond donors (Lipinski definition) is 2. The van der Waals surface area contributed by atoms with Crippen LogP contribution in [0.3, 0.4) is 0 Å². The van der Waals surface area contributed by atoms with E-state index in [4.69, 9.17) is 11.3 Å². The van der Waals surface area contributed by atoms with Gasteiger partial charge in [-0.3, -0.25) is 4.79 Å². The van der Waals surface area contributed by atoms with Gasteiger partial charge in [0, 0.05) is 18.0 Å². The van der Waals surface area contributed by atoms with Crippen molar-refractivity contribution in [3.63, 3.8) is 0 Å². The van der Waals surface area contributed by atoms with Crippen molar-refractivity contribution in [3.05, 3.63) is 10.4 Å². The SMILES string of the molecule is [N-]=[N+]=NCC(=O)NCCN. The molecular weight excluding hydrogens is 134 g/mol. The Balaban J connectivity index is 3.34. The molecule has 0 aromatic heterocycles. The fourth-order valence-corrected chi connectivity index (χ4v) is 0.363. The van der Waals surface area contributed by atoms with Crippen LogP contribution in [0.4, 0.5) is 0 Å². The van der Waals surface area contributed by atoms with Crippen LogP contribution in [0.25, 0.3) is 10.4 Å². The van der Waals surface area contributed by atoms with Gasteiger partial charge >= 0.3 is 0 Å². The van der Waals surface area contributed by atoms with Gasteiger partial charge in [-0.15, -0.1) is 0 Å². The molecule has 0 aliphatic rings. The van der Waals surface area contributed by atoms with Crippen molar-refractivity contribution in [2.24, 2.45) is 10.8 Å². The second-order valence-corrected chi connectivity index (χ2v) is 1.53. The first kappa shape index (κ1) is 8.74. The first-order chi connectivity index (χ1) is 4.81. The average molecular weight is 143 g/mol. The summed E-state index contributed by atoms with van der Waals surface area (Å²) in [4.78, 5) is 12.9. The van der Waals surface area contributed by atoms with Crippen LogP contribution < -0.4 is 11.1 Å². The Morgan fingerprint density at radius 1 is 1.80 bits per heavy atom. The summed E-state index contributed by atoms with van der Waals surface area (Å²) in [6.07, 6.45) is 0. The maximum atomic E-state index is 10.5. The van der Waals surface area contributed by atoms with E-state index < -0.39 is 0 Å². The van der Waals surface area contributed by atoms with Gasteiger partial charge in [0.2, 0.25) is 5.91 Å². The minimum absolute atomic E-state index is 0.156. The van der Waals surface area contributed by atoms with E-state index in [1.807, 2.05) is 0 Å². The van der Waals surface area contributed by atoms with Gasteiger partial charge in [0.1, 0.15) is 6.54 Å². The number of carbonyl (C=O) groups excluding carboxylic acids is 1. The van der Waals surface area contributed by atoms with E-state index in [1.165, 1.54) is 0 Å². The Bertz CT molecular complexity index is 150. The van der Waals surface area contributed by atoms with E-state index in [2.05, 4.69) is 15.3 Å². The third kappa shape index (κ3) is 4.89. The number of carbonyl (C=O) groups is 1. The van der Waals surface area contributed by atoms with Crippen LogP contribution in [0.2, 0.25) is 0 Å². The highest BCUT2D eigenvalue weighted by molar-refractivity contribution is 5.78. The molecule has 0 aromatic carbocycles. The van der Waals surface area contributed by atoms with E-state index in [-0.39, 0.29) is 12.5 Å². The predicted molar refractivity (Wildman–Crippen MR) is 36.1 cm³/mol. The molecule has 0 spiro atoms. The Labute approximate surface area is 58.0 Å². The summed E-state index contributed by atoms with van der Waals surface area (Å²) in [5.41, 5.74) is 12.9. The third-order valence-electron chi connectivity index (χ3n) is 0.744. The fourth-order valence-electron chi connectivity index (χ4n) is 0.363. The Kier molecular flexibility index (Phi) is 5.13. The highest BCUT2D eigenvalue weighted by Gasteiger charge is 1.94. The molecular formula is C4H9N5O. The van der Waals surface area contributed by atoms with E-state index in [9.17, 15) is 4.79 Å². The summed E-state index contributed by atoms with van der Waals surface area (Å²) in [5, 5.41) is 5.49. The van der Waals surface area contributed by atoms with Gasteiger partial charge < -0.3 is 11.1 Å². The largest absolute Gasteiger partial charge is 0.355 e. The van der Waals surface area contributed by atoms with Gasteiger partial charge in [0.25, 0.3) is 0 Å². The van der Waals surface area contributed by atoms with E-state index in [0.29, 0.717) is 13.1 Å². The summed E-state index contributed by atoms with van der Waals surface area (Å²) >= 11 is 0. The molecule has 0 radical (unpaired) electrons. The van der Waals surface area contributed by atoms with Gasteiger partial charge in [0.05, 0.1) is 0 Å². The molecule has 0 unspecified atom stereocenters. The van der Waals surface area contributed by atoms with Crippen LogP contribution in [-0.2, 0) is 4.79 Å². The first-order valence-electron chi connectivity index (χ1n) is 2.79. The molecule has 0 aliphatic carbocycles. The van der Waals surface area contributed by atoms with Crippen LogP contribution in [0, 0.1) is 0 Å². The minimum atomic E-state index is -0.303. The number of amides is 1. The van der Waals surface area contributed by atoms with Crippen molar-refractivity contribution in [2.75, 3.05) is 19.6 Å². The standard InChI is InChI=1S/C4H9N5O/c5-1-2-7-4(10)3-8-9-6/h1-3,5H2,(H,7,10). The van der Waals surface area contributed by atoms with Crippen LogP contribution in [0.5, 0.6) is 0 Å². The maximum absolute atomic E-state index is 10.5. The molecule has 10 heavy (non-hydrogen) atoms. The Morgan fingerprint density at radius 3 is 3.00 bits per heavy atom. The van der Waals surface area contributed by atoms with Crippen LogP contribution >= 0.6 is 0 Å². The minimum Gasteiger partial charge on any atom is -0.355 e. The smallest absolute Gasteiger partial charge is 0.225 e. The fraction of sp³-hybridized carbons (Fsp3) is 0.750. The van der Waals surface area contributed by atoms with Crippen LogP contribution in [0.15, 0.2) is 5.11 Å². The molecule has 0 rings (SSSR count). The zero-order valence-electron chi connectivity index (χ0n) is 5.45. The van der Waals surface area contributed by atoms with Gasteiger partial charge in [-0.2, -0.15) is 0 Å². The van der Waals surface area contributed by atoms with Gasteiger partial charge in [-0.05, 0) is 5.53 Å². The molecule has 0 heterocycles. The van der Waals surface area contributed by atoms with Crippen LogP contribution in [-0.4, -0.2) is 25.5 Å². The molecule has 0 atom stereocenters. The van der Waals surface area contributed by atoms with Gasteiger partial charge in [-0.25, -0.2) is 0 Å². The molecule has 56 valence electrons. The zero-order valence-corrected chi connectivity index (χ0v) is 5.45. The topological polar surface area (TPSA) is 104 Å². The van der Waals surface area contributed by atoms with Crippen molar-refractivity contribution in [2.45, 2.75) is 0 Å². The highest BCUT2D eigenvalue weighted by atomic mass is 16.1. The maximum Gasteiger partial charge on any atom is 0.225 e. The molecule has 6 nitrogen and oxygen atoms in total. The van der Waals surface area contributed by atoms with Crippen molar-refractivity contribution in [1.82, 2.24) is 5.32 Å². The molecule has 0 aromatic rings. The van der Waals surface area contributed by atoms with Crippen molar-refractivity contribution >= 4 is 5.91 Å².